The van der Waals surface area contributed by atoms with Crippen LogP contribution in [0.5, 0.6) is 0 Å². The lowest BCUT2D eigenvalue weighted by Gasteiger charge is -2.38. The van der Waals surface area contributed by atoms with E-state index in [0.717, 1.165) is 0 Å². The second kappa shape index (κ2) is 2.09. The highest BCUT2D eigenvalue weighted by molar-refractivity contribution is 5.29. The Labute approximate surface area is 66.4 Å². The summed E-state index contributed by atoms with van der Waals surface area (Å²) in [5.74, 6) is 0.224. The number of nitrogens with two attached hydrogens (primary N) is 2. The van der Waals surface area contributed by atoms with Gasteiger partial charge in [0.1, 0.15) is 5.76 Å². The Bertz CT molecular complexity index is 226. The van der Waals surface area contributed by atoms with Crippen molar-refractivity contribution in [3.05, 3.63) is 24.0 Å². The Hall–Kier alpha value is -0.800. The summed E-state index contributed by atoms with van der Waals surface area (Å²) in [6, 6.07) is 0. The maximum absolute atomic E-state index is 9.14. The summed E-state index contributed by atoms with van der Waals surface area (Å²) >= 11 is 0. The Balaban J connectivity index is 3.04. The van der Waals surface area contributed by atoms with Crippen LogP contribution >= 0.6 is 0 Å². The fourth-order valence-corrected chi connectivity index (χ4v) is 0.981. The molecule has 0 bridgehead atoms. The van der Waals surface area contributed by atoms with E-state index in [1.807, 2.05) is 13.8 Å². The Morgan fingerprint density at radius 3 is 2.27 bits per heavy atom. The van der Waals surface area contributed by atoms with Crippen molar-refractivity contribution in [2.24, 2.45) is 16.9 Å². The van der Waals surface area contributed by atoms with Gasteiger partial charge in [-0.1, -0.05) is 13.8 Å². The van der Waals surface area contributed by atoms with Crippen molar-refractivity contribution in [1.82, 2.24) is 0 Å². The van der Waals surface area contributed by atoms with Gasteiger partial charge >= 0.3 is 0 Å². The van der Waals surface area contributed by atoms with E-state index in [9.17, 15) is 0 Å². The van der Waals surface area contributed by atoms with Gasteiger partial charge in [-0.3, -0.25) is 0 Å². The first kappa shape index (κ1) is 8.30. The minimum Gasteiger partial charge on any atom is -0.508 e. The normalized spacial score (nSPS) is 26.4. The molecule has 0 unspecified atom stereocenters. The molecule has 0 aromatic rings. The van der Waals surface area contributed by atoms with Crippen LogP contribution in [0.4, 0.5) is 0 Å². The predicted octanol–water partition coefficient (Wildman–Crippen LogP) is 0.638. The number of aliphatic hydroxyl groups is 1. The van der Waals surface area contributed by atoms with Crippen molar-refractivity contribution in [3.63, 3.8) is 0 Å². The second-order valence-corrected chi connectivity index (χ2v) is 3.56. The summed E-state index contributed by atoms with van der Waals surface area (Å²) in [6.07, 6.45) is 4.79. The van der Waals surface area contributed by atoms with Gasteiger partial charge in [0.15, 0.2) is 0 Å². The Kier molecular flexibility index (Phi) is 1.58. The van der Waals surface area contributed by atoms with E-state index >= 15 is 0 Å². The van der Waals surface area contributed by atoms with E-state index in [-0.39, 0.29) is 5.76 Å². The zero-order chi connectivity index (χ0) is 8.70. The summed E-state index contributed by atoms with van der Waals surface area (Å²) in [7, 11) is 0. The summed E-state index contributed by atoms with van der Waals surface area (Å²) in [5.41, 5.74) is 10.2. The third-order valence-corrected chi connectivity index (χ3v) is 2.15. The molecule has 0 atom stereocenters. The van der Waals surface area contributed by atoms with E-state index < -0.39 is 11.1 Å². The standard InChI is InChI=1S/C8H14N2O/c1-7(2)5-6(11)3-4-8(7,9)10/h3-5,11H,9-10H2,1-2H3. The van der Waals surface area contributed by atoms with Crippen LogP contribution < -0.4 is 11.5 Å². The van der Waals surface area contributed by atoms with Crippen LogP contribution in [0.3, 0.4) is 0 Å². The van der Waals surface area contributed by atoms with E-state index in [1.165, 1.54) is 6.08 Å². The minimum atomic E-state index is -0.862. The molecule has 62 valence electrons. The lowest BCUT2D eigenvalue weighted by Crippen LogP contribution is -2.59. The third kappa shape index (κ3) is 1.29. The monoisotopic (exact) mass is 154 g/mol. The first-order chi connectivity index (χ1) is 4.85. The van der Waals surface area contributed by atoms with Crippen molar-refractivity contribution in [2.75, 3.05) is 0 Å². The van der Waals surface area contributed by atoms with E-state index in [0.29, 0.717) is 0 Å². The Morgan fingerprint density at radius 2 is 1.91 bits per heavy atom. The molecule has 0 saturated carbocycles. The molecule has 0 heterocycles. The maximum Gasteiger partial charge on any atom is 0.112 e. The molecule has 1 aliphatic carbocycles. The van der Waals surface area contributed by atoms with Crippen molar-refractivity contribution >= 4 is 0 Å². The van der Waals surface area contributed by atoms with Gasteiger partial charge in [0.25, 0.3) is 0 Å². The molecular weight excluding hydrogens is 140 g/mol. The molecule has 3 nitrogen and oxygen atoms in total. The molecule has 3 heteroatoms. The van der Waals surface area contributed by atoms with Crippen molar-refractivity contribution in [3.8, 4) is 0 Å². The van der Waals surface area contributed by atoms with Crippen molar-refractivity contribution < 1.29 is 5.11 Å². The molecule has 5 N–H and O–H groups in total. The van der Waals surface area contributed by atoms with Gasteiger partial charge in [0, 0.05) is 5.41 Å². The van der Waals surface area contributed by atoms with Gasteiger partial charge in [-0.15, -0.1) is 0 Å². The second-order valence-electron chi connectivity index (χ2n) is 3.56. The van der Waals surface area contributed by atoms with E-state index in [2.05, 4.69) is 0 Å². The van der Waals surface area contributed by atoms with Crippen LogP contribution in [0.1, 0.15) is 13.8 Å². The summed E-state index contributed by atoms with van der Waals surface area (Å²) in [6.45, 7) is 3.76. The quantitative estimate of drug-likeness (QED) is 0.448. The third-order valence-electron chi connectivity index (χ3n) is 2.15. The van der Waals surface area contributed by atoms with Gasteiger partial charge in [-0.25, -0.2) is 0 Å². The average Bonchev–Trinajstić information content (AvgIpc) is 1.80. The number of hydrogen-bond donors (Lipinski definition) is 3. The fourth-order valence-electron chi connectivity index (χ4n) is 0.981. The van der Waals surface area contributed by atoms with Crippen LogP contribution in [-0.4, -0.2) is 10.8 Å². The van der Waals surface area contributed by atoms with Crippen LogP contribution in [0.25, 0.3) is 0 Å². The first-order valence-corrected chi connectivity index (χ1v) is 3.54. The van der Waals surface area contributed by atoms with Gasteiger partial charge in [-0.2, -0.15) is 0 Å². The van der Waals surface area contributed by atoms with Crippen molar-refractivity contribution in [2.45, 2.75) is 19.5 Å². The smallest absolute Gasteiger partial charge is 0.112 e. The predicted molar refractivity (Wildman–Crippen MR) is 44.7 cm³/mol. The van der Waals surface area contributed by atoms with E-state index in [4.69, 9.17) is 16.6 Å². The molecule has 0 aliphatic heterocycles. The molecule has 0 radical (unpaired) electrons. The fraction of sp³-hybridized carbons (Fsp3) is 0.500. The SMILES string of the molecule is CC1(C)C=C(O)C=CC1(N)N. The molecule has 0 aromatic carbocycles. The molecule has 0 aromatic heterocycles. The van der Waals surface area contributed by atoms with Gasteiger partial charge < -0.3 is 16.6 Å². The van der Waals surface area contributed by atoms with Crippen LogP contribution in [0, 0.1) is 5.41 Å². The summed E-state index contributed by atoms with van der Waals surface area (Å²) < 4.78 is 0. The molecule has 0 saturated heterocycles. The topological polar surface area (TPSA) is 72.3 Å². The molecule has 1 rings (SSSR count). The van der Waals surface area contributed by atoms with Crippen LogP contribution in [-0.2, 0) is 0 Å². The Morgan fingerprint density at radius 1 is 1.36 bits per heavy atom. The molecule has 11 heavy (non-hydrogen) atoms. The van der Waals surface area contributed by atoms with Crippen LogP contribution in [0.2, 0.25) is 0 Å². The highest BCUT2D eigenvalue weighted by Crippen LogP contribution is 2.31. The van der Waals surface area contributed by atoms with Gasteiger partial charge in [-0.05, 0) is 18.2 Å². The number of allylic oxidation sites excluding steroid dienone is 1. The molecule has 0 fully saturated rings. The summed E-state index contributed by atoms with van der Waals surface area (Å²) in [4.78, 5) is 0. The minimum absolute atomic E-state index is 0.224. The molecule has 0 amide bonds. The van der Waals surface area contributed by atoms with Crippen LogP contribution in [0.15, 0.2) is 24.0 Å². The number of rotatable bonds is 0. The summed E-state index contributed by atoms with van der Waals surface area (Å²) in [5, 5.41) is 9.14. The zero-order valence-corrected chi connectivity index (χ0v) is 6.83. The first-order valence-electron chi connectivity index (χ1n) is 3.54. The van der Waals surface area contributed by atoms with E-state index in [1.54, 1.807) is 12.2 Å². The molecular formula is C8H14N2O. The maximum atomic E-state index is 9.14. The molecule has 1 aliphatic rings. The number of hydrogen-bond acceptors (Lipinski definition) is 3. The lowest BCUT2D eigenvalue weighted by atomic mass is 9.76. The highest BCUT2D eigenvalue weighted by atomic mass is 16.3. The van der Waals surface area contributed by atoms with Gasteiger partial charge in [0.05, 0.1) is 5.66 Å². The molecule has 0 spiro atoms. The largest absolute Gasteiger partial charge is 0.508 e. The number of aliphatic hydroxyl groups excluding tert-OH is 1. The highest BCUT2D eigenvalue weighted by Gasteiger charge is 2.36. The average molecular weight is 154 g/mol. The van der Waals surface area contributed by atoms with Crippen molar-refractivity contribution in [1.29, 1.82) is 0 Å². The zero-order valence-electron chi connectivity index (χ0n) is 6.83. The lowest BCUT2D eigenvalue weighted by molar-refractivity contribution is 0.270. The van der Waals surface area contributed by atoms with Gasteiger partial charge in [0.2, 0.25) is 0 Å².